The number of nitrogens with two attached hydrogens (primary N) is 1. The molecular weight excluding hydrogens is 290 g/mol. The summed E-state index contributed by atoms with van der Waals surface area (Å²) < 4.78 is 25.1. The van der Waals surface area contributed by atoms with Crippen molar-refractivity contribution >= 4 is 39.7 Å². The smallest absolute Gasteiger partial charge is 0.240 e. The number of halogens is 1. The van der Waals surface area contributed by atoms with Gasteiger partial charge in [-0.3, -0.25) is 9.52 Å². The Kier molecular flexibility index (Phi) is 6.82. The van der Waals surface area contributed by atoms with Gasteiger partial charge in [-0.2, -0.15) is 0 Å². The molecule has 0 aliphatic heterocycles. The normalized spacial score (nSPS) is 12.2. The van der Waals surface area contributed by atoms with E-state index in [9.17, 15) is 13.2 Å². The Bertz CT molecular complexity index is 514. The van der Waals surface area contributed by atoms with Crippen molar-refractivity contribution in [3.63, 3.8) is 0 Å². The highest BCUT2D eigenvalue weighted by Gasteiger charge is 2.08. The fraction of sp³-hybridized carbons (Fsp3) is 0.364. The maximum atomic E-state index is 11.3. The van der Waals surface area contributed by atoms with Gasteiger partial charge in [0.25, 0.3) is 0 Å². The molecule has 19 heavy (non-hydrogen) atoms. The molecule has 1 aromatic carbocycles. The number of carbonyl (C=O) groups is 1. The van der Waals surface area contributed by atoms with Gasteiger partial charge in [0.1, 0.15) is 0 Å². The quantitative estimate of drug-likeness (QED) is 0.759. The first-order valence-electron chi connectivity index (χ1n) is 5.51. The third-order valence-electron chi connectivity index (χ3n) is 2.22. The molecule has 0 saturated carbocycles. The van der Waals surface area contributed by atoms with Crippen LogP contribution in [0.5, 0.6) is 0 Å². The molecule has 0 radical (unpaired) electrons. The number of amides is 1. The van der Waals surface area contributed by atoms with E-state index in [0.29, 0.717) is 11.4 Å². The third-order valence-corrected chi connectivity index (χ3v) is 3.53. The molecule has 1 aromatic rings. The molecule has 1 atom stereocenters. The first-order valence-corrected chi connectivity index (χ1v) is 7.16. The third kappa shape index (κ3) is 5.91. The van der Waals surface area contributed by atoms with Crippen molar-refractivity contribution in [2.45, 2.75) is 19.9 Å². The molecule has 0 spiro atoms. The topological polar surface area (TPSA) is 101 Å². The summed E-state index contributed by atoms with van der Waals surface area (Å²) in [6, 6.07) is 5.76. The number of rotatable bonds is 5. The van der Waals surface area contributed by atoms with Crippen LogP contribution in [-0.2, 0) is 14.8 Å². The minimum Gasteiger partial charge on any atom is -0.325 e. The molecule has 0 aliphatic carbocycles. The van der Waals surface area contributed by atoms with E-state index in [1.54, 1.807) is 38.1 Å². The Morgan fingerprint density at radius 2 is 1.74 bits per heavy atom. The Morgan fingerprint density at radius 3 is 2.16 bits per heavy atom. The van der Waals surface area contributed by atoms with Crippen LogP contribution in [0.3, 0.4) is 0 Å². The lowest BCUT2D eigenvalue weighted by atomic mass is 10.2. The van der Waals surface area contributed by atoms with Crippen LogP contribution in [0.25, 0.3) is 0 Å². The first-order chi connectivity index (χ1) is 8.34. The van der Waals surface area contributed by atoms with Crippen molar-refractivity contribution in [1.29, 1.82) is 0 Å². The second-order valence-corrected chi connectivity index (χ2v) is 5.87. The molecule has 1 rings (SSSR count). The fourth-order valence-corrected chi connectivity index (χ4v) is 1.77. The number of carbonyl (C=O) groups excluding carboxylic acids is 1. The fourth-order valence-electron chi connectivity index (χ4n) is 1.13. The van der Waals surface area contributed by atoms with Crippen molar-refractivity contribution < 1.29 is 13.2 Å². The van der Waals surface area contributed by atoms with Crippen molar-refractivity contribution in [2.24, 2.45) is 5.73 Å². The van der Waals surface area contributed by atoms with Crippen LogP contribution >= 0.6 is 12.4 Å². The van der Waals surface area contributed by atoms with Crippen LogP contribution in [0.15, 0.2) is 24.3 Å². The first kappa shape index (κ1) is 17.7. The molecule has 1 amide bonds. The lowest BCUT2D eigenvalue weighted by Gasteiger charge is -2.09. The van der Waals surface area contributed by atoms with Gasteiger partial charge in [0.2, 0.25) is 15.9 Å². The van der Waals surface area contributed by atoms with Crippen LogP contribution in [0.4, 0.5) is 11.4 Å². The van der Waals surface area contributed by atoms with E-state index >= 15 is 0 Å². The van der Waals surface area contributed by atoms with Gasteiger partial charge in [0, 0.05) is 11.4 Å². The zero-order valence-corrected chi connectivity index (χ0v) is 12.3. The summed E-state index contributed by atoms with van der Waals surface area (Å²) in [7, 11) is -3.28. The highest BCUT2D eigenvalue weighted by Crippen LogP contribution is 2.14. The Balaban J connectivity index is 0.00000324. The van der Waals surface area contributed by atoms with Gasteiger partial charge < -0.3 is 11.1 Å². The van der Waals surface area contributed by atoms with Crippen molar-refractivity contribution in [1.82, 2.24) is 0 Å². The van der Waals surface area contributed by atoms with E-state index in [-0.39, 0.29) is 24.1 Å². The minimum atomic E-state index is -3.28. The number of nitrogens with one attached hydrogen (secondary N) is 2. The van der Waals surface area contributed by atoms with Gasteiger partial charge in [-0.05, 0) is 38.1 Å². The maximum Gasteiger partial charge on any atom is 0.240 e. The SMILES string of the molecule is CCS(=O)(=O)Nc1ccc(NC(=O)C(C)N)cc1.Cl. The van der Waals surface area contributed by atoms with Gasteiger partial charge in [0.05, 0.1) is 11.8 Å². The average molecular weight is 308 g/mol. The van der Waals surface area contributed by atoms with Gasteiger partial charge in [-0.15, -0.1) is 12.4 Å². The molecule has 0 bridgehead atoms. The average Bonchev–Trinajstić information content (AvgIpc) is 2.31. The van der Waals surface area contributed by atoms with Crippen molar-refractivity contribution in [3.05, 3.63) is 24.3 Å². The number of anilines is 2. The summed E-state index contributed by atoms with van der Waals surface area (Å²) in [5, 5.41) is 2.60. The predicted molar refractivity (Wildman–Crippen MR) is 79.1 cm³/mol. The second kappa shape index (κ2) is 7.32. The molecule has 8 heteroatoms. The van der Waals surface area contributed by atoms with Gasteiger partial charge >= 0.3 is 0 Å². The summed E-state index contributed by atoms with van der Waals surface area (Å²) in [4.78, 5) is 11.3. The summed E-state index contributed by atoms with van der Waals surface area (Å²) in [6.45, 7) is 3.14. The lowest BCUT2D eigenvalue weighted by molar-refractivity contribution is -0.117. The van der Waals surface area contributed by atoms with E-state index in [4.69, 9.17) is 5.73 Å². The van der Waals surface area contributed by atoms with Crippen LogP contribution in [0.1, 0.15) is 13.8 Å². The predicted octanol–water partition coefficient (Wildman–Crippen LogP) is 1.16. The highest BCUT2D eigenvalue weighted by atomic mass is 35.5. The number of hydrogen-bond donors (Lipinski definition) is 3. The van der Waals surface area contributed by atoms with E-state index in [1.807, 2.05) is 0 Å². The Morgan fingerprint density at radius 1 is 1.26 bits per heavy atom. The minimum absolute atomic E-state index is 0. The molecule has 0 aromatic heterocycles. The monoisotopic (exact) mass is 307 g/mol. The van der Waals surface area contributed by atoms with E-state index in [2.05, 4.69) is 10.0 Å². The Labute approximate surface area is 119 Å². The summed E-state index contributed by atoms with van der Waals surface area (Å²) in [6.07, 6.45) is 0. The molecule has 0 heterocycles. The zero-order chi connectivity index (χ0) is 13.8. The van der Waals surface area contributed by atoms with Crippen LogP contribution in [0, 0.1) is 0 Å². The number of sulfonamides is 1. The summed E-state index contributed by atoms with van der Waals surface area (Å²) >= 11 is 0. The van der Waals surface area contributed by atoms with E-state index in [0.717, 1.165) is 0 Å². The molecule has 1 unspecified atom stereocenters. The van der Waals surface area contributed by atoms with Gasteiger partial charge in [0.15, 0.2) is 0 Å². The second-order valence-electron chi connectivity index (χ2n) is 3.86. The van der Waals surface area contributed by atoms with E-state index < -0.39 is 16.1 Å². The van der Waals surface area contributed by atoms with Crippen LogP contribution < -0.4 is 15.8 Å². The van der Waals surface area contributed by atoms with Crippen molar-refractivity contribution in [2.75, 3.05) is 15.8 Å². The number of hydrogen-bond acceptors (Lipinski definition) is 4. The molecule has 0 saturated heterocycles. The summed E-state index contributed by atoms with van der Waals surface area (Å²) in [5.41, 5.74) is 6.43. The molecule has 108 valence electrons. The molecule has 0 aliphatic rings. The van der Waals surface area contributed by atoms with Gasteiger partial charge in [-0.1, -0.05) is 0 Å². The molecule has 6 nitrogen and oxygen atoms in total. The van der Waals surface area contributed by atoms with Crippen LogP contribution in [0.2, 0.25) is 0 Å². The Hall–Kier alpha value is -1.31. The van der Waals surface area contributed by atoms with Crippen molar-refractivity contribution in [3.8, 4) is 0 Å². The lowest BCUT2D eigenvalue weighted by Crippen LogP contribution is -2.32. The summed E-state index contributed by atoms with van der Waals surface area (Å²) in [5.74, 6) is -0.284. The molecule has 0 fully saturated rings. The van der Waals surface area contributed by atoms with Gasteiger partial charge in [-0.25, -0.2) is 8.42 Å². The standard InChI is InChI=1S/C11H17N3O3S.ClH/c1-3-18(16,17)14-10-6-4-9(5-7-10)13-11(15)8(2)12;/h4-8,14H,3,12H2,1-2H3,(H,13,15);1H. The molecular formula is C11H18ClN3O3S. The molecule has 4 N–H and O–H groups in total. The highest BCUT2D eigenvalue weighted by molar-refractivity contribution is 7.92. The largest absolute Gasteiger partial charge is 0.325 e. The zero-order valence-electron chi connectivity index (χ0n) is 10.7. The van der Waals surface area contributed by atoms with E-state index in [1.165, 1.54) is 0 Å². The maximum absolute atomic E-state index is 11.3. The number of benzene rings is 1. The van der Waals surface area contributed by atoms with Crippen LogP contribution in [-0.4, -0.2) is 26.1 Å².